The molecule has 114 valence electrons. The molecule has 0 aliphatic rings. The molecule has 0 saturated carbocycles. The zero-order chi connectivity index (χ0) is 15.9. The number of carbonyl (C=O) groups excluding carboxylic acids is 2. The summed E-state index contributed by atoms with van der Waals surface area (Å²) in [4.78, 5) is 23.8. The predicted molar refractivity (Wildman–Crippen MR) is 83.4 cm³/mol. The van der Waals surface area contributed by atoms with E-state index in [-0.39, 0.29) is 18.4 Å². The maximum Gasteiger partial charge on any atom is 0.251 e. The van der Waals surface area contributed by atoms with Gasteiger partial charge in [0, 0.05) is 24.7 Å². The minimum Gasteiger partial charge on any atom is -0.392 e. The van der Waals surface area contributed by atoms with Gasteiger partial charge < -0.3 is 15.7 Å². The topological polar surface area (TPSA) is 78.4 Å². The van der Waals surface area contributed by atoms with Gasteiger partial charge in [0.25, 0.3) is 11.8 Å². The van der Waals surface area contributed by atoms with Gasteiger partial charge in [0.05, 0.1) is 6.61 Å². The molecule has 2 aromatic rings. The molecule has 0 saturated heterocycles. The maximum absolute atomic E-state index is 12.2. The molecule has 5 nitrogen and oxygen atoms in total. The molecule has 0 unspecified atom stereocenters. The Morgan fingerprint density at radius 3 is 2.23 bits per heavy atom. The highest BCUT2D eigenvalue weighted by molar-refractivity contribution is 5.99. The normalized spacial score (nSPS) is 10.1. The van der Waals surface area contributed by atoms with Gasteiger partial charge in [-0.1, -0.05) is 30.3 Å². The summed E-state index contributed by atoms with van der Waals surface area (Å²) >= 11 is 0. The second-order valence-electron chi connectivity index (χ2n) is 4.77. The van der Waals surface area contributed by atoms with Crippen LogP contribution in [0.3, 0.4) is 0 Å². The molecule has 0 bridgehead atoms. The summed E-state index contributed by atoms with van der Waals surface area (Å²) < 4.78 is 0. The van der Waals surface area contributed by atoms with Crippen molar-refractivity contribution in [1.82, 2.24) is 10.6 Å². The van der Waals surface area contributed by atoms with E-state index in [0.29, 0.717) is 17.7 Å². The first-order chi connectivity index (χ1) is 10.7. The van der Waals surface area contributed by atoms with Crippen LogP contribution in [0.4, 0.5) is 0 Å². The molecule has 0 spiro atoms. The van der Waals surface area contributed by atoms with Crippen molar-refractivity contribution >= 4 is 11.8 Å². The first-order valence-corrected chi connectivity index (χ1v) is 6.93. The predicted octanol–water partition coefficient (Wildman–Crippen LogP) is 1.47. The Morgan fingerprint density at radius 1 is 0.955 bits per heavy atom. The van der Waals surface area contributed by atoms with Crippen molar-refractivity contribution in [3.05, 3.63) is 70.8 Å². The van der Waals surface area contributed by atoms with E-state index in [1.165, 1.54) is 0 Å². The van der Waals surface area contributed by atoms with Crippen LogP contribution in [0.2, 0.25) is 0 Å². The average molecular weight is 298 g/mol. The number of amides is 2. The lowest BCUT2D eigenvalue weighted by Gasteiger charge is -2.09. The van der Waals surface area contributed by atoms with E-state index in [9.17, 15) is 14.7 Å². The standard InChI is InChI=1S/C17H18N2O3/c1-18-16(21)12-7-4-8-13(9-12)17(22)19-10-14-5-2-3-6-15(14)11-20/h2-9,20H,10-11H2,1H3,(H,18,21)(H,19,22). The van der Waals surface area contributed by atoms with E-state index in [2.05, 4.69) is 10.6 Å². The molecule has 2 rings (SSSR count). The maximum atomic E-state index is 12.2. The molecule has 22 heavy (non-hydrogen) atoms. The molecule has 5 heteroatoms. The highest BCUT2D eigenvalue weighted by Gasteiger charge is 2.10. The molecular formula is C17H18N2O3. The van der Waals surface area contributed by atoms with Crippen molar-refractivity contribution in [3.63, 3.8) is 0 Å². The third kappa shape index (κ3) is 3.71. The smallest absolute Gasteiger partial charge is 0.251 e. The number of rotatable bonds is 5. The van der Waals surface area contributed by atoms with Gasteiger partial charge in [0.1, 0.15) is 0 Å². The van der Waals surface area contributed by atoms with Gasteiger partial charge in [-0.3, -0.25) is 9.59 Å². The number of benzene rings is 2. The quantitative estimate of drug-likeness (QED) is 0.782. The lowest BCUT2D eigenvalue weighted by Crippen LogP contribution is -2.24. The van der Waals surface area contributed by atoms with Gasteiger partial charge in [-0.05, 0) is 29.3 Å². The Morgan fingerprint density at radius 2 is 1.59 bits per heavy atom. The SMILES string of the molecule is CNC(=O)c1cccc(C(=O)NCc2ccccc2CO)c1. The Balaban J connectivity index is 2.08. The van der Waals surface area contributed by atoms with Gasteiger partial charge >= 0.3 is 0 Å². The van der Waals surface area contributed by atoms with E-state index in [1.807, 2.05) is 24.3 Å². The van der Waals surface area contributed by atoms with E-state index < -0.39 is 0 Å². The third-order valence-electron chi connectivity index (χ3n) is 3.34. The third-order valence-corrected chi connectivity index (χ3v) is 3.34. The largest absolute Gasteiger partial charge is 0.392 e. The fourth-order valence-corrected chi connectivity index (χ4v) is 2.11. The summed E-state index contributed by atoms with van der Waals surface area (Å²) in [5.74, 6) is -0.501. The number of carbonyl (C=O) groups is 2. The van der Waals surface area contributed by atoms with E-state index in [4.69, 9.17) is 0 Å². The molecule has 0 radical (unpaired) electrons. The lowest BCUT2D eigenvalue weighted by atomic mass is 10.1. The highest BCUT2D eigenvalue weighted by Crippen LogP contribution is 2.09. The number of hydrogen-bond donors (Lipinski definition) is 3. The van der Waals surface area contributed by atoms with Crippen molar-refractivity contribution in [2.45, 2.75) is 13.2 Å². The van der Waals surface area contributed by atoms with Crippen molar-refractivity contribution < 1.29 is 14.7 Å². The fourth-order valence-electron chi connectivity index (χ4n) is 2.11. The molecule has 0 aromatic heterocycles. The van der Waals surface area contributed by atoms with E-state index in [0.717, 1.165) is 11.1 Å². The summed E-state index contributed by atoms with van der Waals surface area (Å²) in [6.45, 7) is 0.248. The van der Waals surface area contributed by atoms with Crippen molar-refractivity contribution in [1.29, 1.82) is 0 Å². The van der Waals surface area contributed by atoms with Crippen LogP contribution in [0.1, 0.15) is 31.8 Å². The molecule has 0 atom stereocenters. The van der Waals surface area contributed by atoms with Crippen LogP contribution >= 0.6 is 0 Å². The van der Waals surface area contributed by atoms with Crippen LogP contribution < -0.4 is 10.6 Å². The van der Waals surface area contributed by atoms with Crippen molar-refractivity contribution in [2.75, 3.05) is 7.05 Å². The Labute approximate surface area is 129 Å². The Bertz CT molecular complexity index is 683. The van der Waals surface area contributed by atoms with Gasteiger partial charge in [-0.15, -0.1) is 0 Å². The number of aliphatic hydroxyl groups is 1. The van der Waals surface area contributed by atoms with Gasteiger partial charge in [0.15, 0.2) is 0 Å². The lowest BCUT2D eigenvalue weighted by molar-refractivity contribution is 0.0950. The van der Waals surface area contributed by atoms with Crippen LogP contribution in [-0.4, -0.2) is 24.0 Å². The van der Waals surface area contributed by atoms with Crippen LogP contribution in [-0.2, 0) is 13.2 Å². The summed E-state index contributed by atoms with van der Waals surface area (Å²) in [5.41, 5.74) is 2.50. The van der Waals surface area contributed by atoms with Crippen molar-refractivity contribution in [3.8, 4) is 0 Å². The first-order valence-electron chi connectivity index (χ1n) is 6.93. The minimum atomic E-state index is -0.265. The Kier molecular flexibility index (Phi) is 5.27. The fraction of sp³-hybridized carbons (Fsp3) is 0.176. The van der Waals surface area contributed by atoms with Gasteiger partial charge in [-0.25, -0.2) is 0 Å². The summed E-state index contributed by atoms with van der Waals surface area (Å²) in [7, 11) is 1.54. The summed E-state index contributed by atoms with van der Waals surface area (Å²) in [5, 5.41) is 14.6. The minimum absolute atomic E-state index is 0.0712. The monoisotopic (exact) mass is 298 g/mol. The molecule has 3 N–H and O–H groups in total. The zero-order valence-electron chi connectivity index (χ0n) is 12.3. The zero-order valence-corrected chi connectivity index (χ0v) is 12.3. The first kappa shape index (κ1) is 15.7. The molecular weight excluding hydrogens is 280 g/mol. The van der Waals surface area contributed by atoms with Gasteiger partial charge in [-0.2, -0.15) is 0 Å². The molecule has 0 heterocycles. The summed E-state index contributed by atoms with van der Waals surface area (Å²) in [6.07, 6.45) is 0. The van der Waals surface area contributed by atoms with E-state index >= 15 is 0 Å². The molecule has 2 aromatic carbocycles. The second-order valence-corrected chi connectivity index (χ2v) is 4.77. The number of nitrogens with one attached hydrogen (secondary N) is 2. The number of hydrogen-bond acceptors (Lipinski definition) is 3. The molecule has 0 aliphatic carbocycles. The molecule has 2 amide bonds. The van der Waals surface area contributed by atoms with Crippen LogP contribution in [0, 0.1) is 0 Å². The van der Waals surface area contributed by atoms with Crippen LogP contribution in [0.15, 0.2) is 48.5 Å². The molecule has 0 fully saturated rings. The van der Waals surface area contributed by atoms with Gasteiger partial charge in [0.2, 0.25) is 0 Å². The summed E-state index contributed by atoms with van der Waals surface area (Å²) in [6, 6.07) is 13.9. The number of aliphatic hydroxyl groups excluding tert-OH is 1. The second kappa shape index (κ2) is 7.38. The highest BCUT2D eigenvalue weighted by atomic mass is 16.3. The Hall–Kier alpha value is -2.66. The van der Waals surface area contributed by atoms with Crippen molar-refractivity contribution in [2.24, 2.45) is 0 Å². The molecule has 0 aliphatic heterocycles. The van der Waals surface area contributed by atoms with E-state index in [1.54, 1.807) is 31.3 Å². The van der Waals surface area contributed by atoms with Crippen LogP contribution in [0.25, 0.3) is 0 Å². The average Bonchev–Trinajstić information content (AvgIpc) is 2.59. The van der Waals surface area contributed by atoms with Crippen LogP contribution in [0.5, 0.6) is 0 Å².